The van der Waals surface area contributed by atoms with Gasteiger partial charge in [-0.3, -0.25) is 53.1 Å². The largest absolute Gasteiger partial charge is 0.480 e. The summed E-state index contributed by atoms with van der Waals surface area (Å²) in [6, 6.07) is 3.51. The van der Waals surface area contributed by atoms with E-state index in [9.17, 15) is 58.5 Å². The first-order chi connectivity index (χ1) is 45.1. The van der Waals surface area contributed by atoms with Gasteiger partial charge in [-0.25, -0.2) is 4.79 Å². The predicted octanol–water partition coefficient (Wildman–Crippen LogP) is -3.89. The van der Waals surface area contributed by atoms with Crippen molar-refractivity contribution < 1.29 is 63.3 Å². The highest BCUT2D eigenvalue weighted by atomic mass is 16.4. The maximum Gasteiger partial charge on any atom is 0.326 e. The van der Waals surface area contributed by atoms with Crippen LogP contribution in [-0.2, 0) is 73.6 Å². The monoisotopic (exact) mass is 1310 g/mol. The van der Waals surface area contributed by atoms with Crippen molar-refractivity contribution in [3.8, 4) is 0 Å². The molecule has 2 aromatic rings. The third-order valence-electron chi connectivity index (χ3n) is 19.3. The molecular formula is C64H95N17O13. The number of guanidine groups is 2. The van der Waals surface area contributed by atoms with Crippen LogP contribution >= 0.6 is 0 Å². The fourth-order valence-corrected chi connectivity index (χ4v) is 14.5. The molecule has 21 N–H and O–H groups in total. The number of unbranched alkanes of at least 4 members (excludes halogenated alkanes) is 1. The van der Waals surface area contributed by atoms with Gasteiger partial charge >= 0.3 is 5.97 Å². The molecule has 9 amide bonds. The standard InChI is InChI=1S/C64H95N17O13/c65-22-8-7-17-43(66)54(85)74-44(18-9-23-71-63(67)68)59(90)79-25-11-21-48(79)60(91)80-33-42(83)31-49(80)56(87)73-32-51(84)77-52(40-26-35-12-1-2-13-36(35)27-40)58(89)76-46(34-82)55(86)78-53(41-28-37-14-3-4-15-38(37)29-41)61(92)81-47-20-6-5-16-39(47)30-50(81)57(88)75-45(62(93)94)19-10-24-72-64(69)70/h1-4,12-15,39-50,52-53,82-83H,5-11,16-34,65-66H2,(H,73,87)(H,74,85)(H,75,88)(H,76,89)(H,77,84)(H,78,86)(H,93,94)(H4,67,68,71)(H4,69,70,72)/t39-,42+,43+,44-,45-,46-,47-,48-,49-,50-,52-,53+/m0/s1. The molecule has 12 atom stereocenters. The van der Waals surface area contributed by atoms with Gasteiger partial charge in [0.2, 0.25) is 53.2 Å². The first-order valence-electron chi connectivity index (χ1n) is 33.0. The van der Waals surface area contributed by atoms with Gasteiger partial charge in [-0.05, 0) is 143 Å². The molecule has 30 nitrogen and oxygen atoms in total. The number of carboxylic acids is 1. The van der Waals surface area contributed by atoms with Crippen molar-refractivity contribution in [3.63, 3.8) is 0 Å². The molecule has 0 unspecified atom stereocenters. The number of aliphatic imine (C=N–C) groups is 2. The Morgan fingerprint density at radius 3 is 1.76 bits per heavy atom. The van der Waals surface area contributed by atoms with Crippen molar-refractivity contribution in [3.05, 3.63) is 70.8 Å². The third-order valence-corrected chi connectivity index (χ3v) is 19.3. The second-order valence-corrected chi connectivity index (χ2v) is 25.8. The van der Waals surface area contributed by atoms with Gasteiger partial charge in [0, 0.05) is 38.6 Å². The average molecular weight is 1310 g/mol. The number of rotatable bonds is 31. The van der Waals surface area contributed by atoms with Crippen LogP contribution in [0.1, 0.15) is 119 Å². The lowest BCUT2D eigenvalue weighted by atomic mass is 9.84. The Hall–Kier alpha value is -8.48. The van der Waals surface area contributed by atoms with Crippen molar-refractivity contribution in [2.75, 3.05) is 45.9 Å². The van der Waals surface area contributed by atoms with E-state index in [1.54, 1.807) is 0 Å². The Labute approximate surface area is 546 Å². The number of benzene rings is 2. The zero-order chi connectivity index (χ0) is 67.8. The highest BCUT2D eigenvalue weighted by Crippen LogP contribution is 2.42. The Morgan fingerprint density at radius 2 is 1.17 bits per heavy atom. The van der Waals surface area contributed by atoms with Crippen LogP contribution in [0.15, 0.2) is 58.5 Å². The molecule has 0 radical (unpaired) electrons. The number of aliphatic hydroxyl groups is 2. The molecule has 4 fully saturated rings. The van der Waals surface area contributed by atoms with E-state index in [0.29, 0.717) is 64.3 Å². The number of aliphatic carboxylic acids is 1. The van der Waals surface area contributed by atoms with Crippen LogP contribution in [0.25, 0.3) is 0 Å². The molecule has 6 aliphatic rings. The summed E-state index contributed by atoms with van der Waals surface area (Å²) in [4.78, 5) is 154. The molecule has 3 heterocycles. The van der Waals surface area contributed by atoms with Crippen LogP contribution in [0, 0.1) is 17.8 Å². The number of hydrogen-bond donors (Lipinski definition) is 15. The molecule has 3 aliphatic carbocycles. The van der Waals surface area contributed by atoms with E-state index in [1.807, 2.05) is 48.5 Å². The number of nitrogens with two attached hydrogens (primary N) is 6. The summed E-state index contributed by atoms with van der Waals surface area (Å²) in [6.07, 6.45) is 6.02. The Balaban J connectivity index is 0.954. The lowest BCUT2D eigenvalue weighted by molar-refractivity contribution is -0.148. The lowest BCUT2D eigenvalue weighted by Crippen LogP contribution is -2.62. The van der Waals surface area contributed by atoms with Gasteiger partial charge in [-0.15, -0.1) is 0 Å². The number of β-amino-alcohol motifs (C(OH)–C–C–N with tert-alkyl or cyclic N) is 1. The number of hydrogen-bond acceptors (Lipinski definition) is 16. The number of carbonyl (C=O) groups is 10. The summed E-state index contributed by atoms with van der Waals surface area (Å²) in [6.45, 7) is -1.05. The molecule has 2 aromatic carbocycles. The Morgan fingerprint density at radius 1 is 0.585 bits per heavy atom. The zero-order valence-electron chi connectivity index (χ0n) is 53.2. The summed E-state index contributed by atoms with van der Waals surface area (Å²) in [7, 11) is 0. The smallest absolute Gasteiger partial charge is 0.326 e. The van der Waals surface area contributed by atoms with Gasteiger partial charge in [0.1, 0.15) is 48.3 Å². The predicted molar refractivity (Wildman–Crippen MR) is 345 cm³/mol. The van der Waals surface area contributed by atoms with E-state index >= 15 is 4.79 Å². The van der Waals surface area contributed by atoms with Crippen LogP contribution in [0.3, 0.4) is 0 Å². The van der Waals surface area contributed by atoms with E-state index in [0.717, 1.165) is 41.5 Å². The van der Waals surface area contributed by atoms with Crippen LogP contribution < -0.4 is 66.3 Å². The van der Waals surface area contributed by atoms with Gasteiger partial charge in [0.15, 0.2) is 11.9 Å². The number of likely N-dealkylation sites (tertiary alicyclic amines) is 3. The molecule has 0 aromatic heterocycles. The number of nitrogens with one attached hydrogen (secondary N) is 6. The minimum Gasteiger partial charge on any atom is -0.480 e. The molecule has 0 spiro atoms. The average Bonchev–Trinajstić information content (AvgIpc) is 1.62. The normalized spacial score (nSPS) is 22.6. The number of nitrogens with zero attached hydrogens (tertiary/aromatic N) is 5. The first-order valence-corrected chi connectivity index (χ1v) is 33.0. The second-order valence-electron chi connectivity index (χ2n) is 25.8. The minimum atomic E-state index is -1.68. The molecular weight excluding hydrogens is 1210 g/mol. The molecule has 1 saturated carbocycles. The van der Waals surface area contributed by atoms with Crippen molar-refractivity contribution in [1.82, 2.24) is 46.6 Å². The van der Waals surface area contributed by atoms with E-state index in [-0.39, 0.29) is 89.0 Å². The number of carboxylic acid groups (broad SMARTS) is 1. The molecule has 0 bridgehead atoms. The number of amides is 9. The molecule has 3 saturated heterocycles. The van der Waals surface area contributed by atoms with Gasteiger partial charge in [-0.1, -0.05) is 67.8 Å². The van der Waals surface area contributed by atoms with E-state index < -0.39 is 151 Å². The topological polar surface area (TPSA) is 494 Å². The number of carbonyl (C=O) groups excluding carboxylic acids is 9. The summed E-state index contributed by atoms with van der Waals surface area (Å²) >= 11 is 0. The molecule has 30 heteroatoms. The lowest BCUT2D eigenvalue weighted by Gasteiger charge is -2.38. The molecule has 94 heavy (non-hydrogen) atoms. The highest BCUT2D eigenvalue weighted by molar-refractivity contribution is 5.99. The van der Waals surface area contributed by atoms with Crippen LogP contribution in [0.4, 0.5) is 0 Å². The molecule has 8 rings (SSSR count). The maximum absolute atomic E-state index is 15.5. The summed E-state index contributed by atoms with van der Waals surface area (Å²) in [5, 5.41) is 48.3. The van der Waals surface area contributed by atoms with Gasteiger partial charge < -0.3 is 96.3 Å². The van der Waals surface area contributed by atoms with Gasteiger partial charge in [0.25, 0.3) is 0 Å². The number of aliphatic hydroxyl groups excluding tert-OH is 2. The van der Waals surface area contributed by atoms with E-state index in [1.165, 1.54) is 14.7 Å². The van der Waals surface area contributed by atoms with Crippen molar-refractivity contribution in [1.29, 1.82) is 0 Å². The van der Waals surface area contributed by atoms with Crippen LogP contribution in [0.5, 0.6) is 0 Å². The quantitative estimate of drug-likeness (QED) is 0.0195. The Bertz CT molecular complexity index is 3080. The van der Waals surface area contributed by atoms with E-state index in [4.69, 9.17) is 34.4 Å². The molecule has 3 aliphatic heterocycles. The summed E-state index contributed by atoms with van der Waals surface area (Å²) in [5.41, 5.74) is 37.5. The highest BCUT2D eigenvalue weighted by Gasteiger charge is 2.52. The zero-order valence-corrected chi connectivity index (χ0v) is 53.2. The van der Waals surface area contributed by atoms with E-state index in [2.05, 4.69) is 41.9 Å². The van der Waals surface area contributed by atoms with Gasteiger partial charge in [-0.2, -0.15) is 0 Å². The maximum atomic E-state index is 15.5. The van der Waals surface area contributed by atoms with Crippen molar-refractivity contribution >= 4 is 71.1 Å². The first kappa shape index (κ1) is 71.4. The van der Waals surface area contributed by atoms with Gasteiger partial charge in [0.05, 0.1) is 25.3 Å². The minimum absolute atomic E-state index is 0.00113. The summed E-state index contributed by atoms with van der Waals surface area (Å²) in [5.74, 6) is -9.20. The van der Waals surface area contributed by atoms with Crippen molar-refractivity contribution in [2.45, 2.75) is 189 Å². The fourth-order valence-electron chi connectivity index (χ4n) is 14.5. The summed E-state index contributed by atoms with van der Waals surface area (Å²) < 4.78 is 0. The van der Waals surface area contributed by atoms with Crippen LogP contribution in [0.2, 0.25) is 0 Å². The second kappa shape index (κ2) is 33.6. The Kier molecular flexibility index (Phi) is 25.5. The SMILES string of the molecule is NCCCC[C@@H](N)C(=O)N[C@@H](CCCN=C(N)N)C(=O)N1CCC[C@H]1C(=O)N1C[C@H](O)C[C@H]1C(=O)NCC(=O)N[C@H](C(=O)N[C@@H](CO)C(=O)N[C@@H](C(=O)N1[C@H](C(=O)N[C@@H](CCCN=C(N)N)C(=O)O)C[C@@H]2CCCC[C@@H]21)C1Cc2ccccc2C1)C1Cc2ccccc2C1. The fraction of sp³-hybridized carbons (Fsp3) is 0.625. The number of fused-ring (bicyclic) bond motifs is 3. The third kappa shape index (κ3) is 18.3. The molecule has 514 valence electrons. The van der Waals surface area contributed by atoms with Crippen molar-refractivity contribution in [2.24, 2.45) is 62.1 Å². The van der Waals surface area contributed by atoms with Crippen LogP contribution in [-0.4, -0.2) is 213 Å².